The highest BCUT2D eigenvalue weighted by Crippen LogP contribution is 2.24. The number of rotatable bonds is 6. The molecule has 0 radical (unpaired) electrons. The van der Waals surface area contributed by atoms with Gasteiger partial charge in [-0.25, -0.2) is 8.42 Å². The second-order valence-corrected chi connectivity index (χ2v) is 9.93. The van der Waals surface area contributed by atoms with Crippen molar-refractivity contribution >= 4 is 27.3 Å². The molecule has 1 aliphatic heterocycles. The van der Waals surface area contributed by atoms with Crippen molar-refractivity contribution in [3.8, 4) is 0 Å². The van der Waals surface area contributed by atoms with Gasteiger partial charge in [0.25, 0.3) is 5.91 Å². The molecule has 1 aliphatic carbocycles. The van der Waals surface area contributed by atoms with Crippen LogP contribution in [-0.4, -0.2) is 51.0 Å². The van der Waals surface area contributed by atoms with E-state index in [1.807, 2.05) is 24.3 Å². The average molecular weight is 444 g/mol. The van der Waals surface area contributed by atoms with Crippen molar-refractivity contribution in [2.75, 3.05) is 36.9 Å². The van der Waals surface area contributed by atoms with Gasteiger partial charge in [0.15, 0.2) is 0 Å². The number of morpholine rings is 1. The SMILES string of the molecule is O=C(Nc1ccc(NC2CCCCC2)cc1)c1ccccc1S(=O)(=O)N1CCOCC1. The summed E-state index contributed by atoms with van der Waals surface area (Å²) in [6.45, 7) is 1.28. The van der Waals surface area contributed by atoms with E-state index in [0.29, 0.717) is 24.9 Å². The van der Waals surface area contributed by atoms with Crippen molar-refractivity contribution in [2.45, 2.75) is 43.0 Å². The number of sulfonamides is 1. The maximum Gasteiger partial charge on any atom is 0.257 e. The van der Waals surface area contributed by atoms with E-state index in [0.717, 1.165) is 5.69 Å². The molecule has 0 atom stereocenters. The third-order valence-electron chi connectivity index (χ3n) is 5.84. The number of benzene rings is 2. The van der Waals surface area contributed by atoms with Gasteiger partial charge in [-0.05, 0) is 49.2 Å². The van der Waals surface area contributed by atoms with Crippen LogP contribution < -0.4 is 10.6 Å². The average Bonchev–Trinajstić information content (AvgIpc) is 2.81. The fraction of sp³-hybridized carbons (Fsp3) is 0.435. The van der Waals surface area contributed by atoms with Crippen molar-refractivity contribution in [2.24, 2.45) is 0 Å². The van der Waals surface area contributed by atoms with Gasteiger partial charge < -0.3 is 15.4 Å². The highest BCUT2D eigenvalue weighted by molar-refractivity contribution is 7.89. The van der Waals surface area contributed by atoms with E-state index in [9.17, 15) is 13.2 Å². The normalized spacial score (nSPS) is 18.5. The molecule has 8 heteroatoms. The van der Waals surface area contributed by atoms with Gasteiger partial charge in [0.1, 0.15) is 0 Å². The molecular weight excluding hydrogens is 414 g/mol. The summed E-state index contributed by atoms with van der Waals surface area (Å²) in [4.78, 5) is 13.0. The van der Waals surface area contributed by atoms with Crippen LogP contribution in [0.3, 0.4) is 0 Å². The largest absolute Gasteiger partial charge is 0.382 e. The van der Waals surface area contributed by atoms with Gasteiger partial charge in [-0.3, -0.25) is 4.79 Å². The van der Waals surface area contributed by atoms with Gasteiger partial charge in [0.2, 0.25) is 10.0 Å². The lowest BCUT2D eigenvalue weighted by Crippen LogP contribution is -2.41. The molecule has 0 unspecified atom stereocenters. The zero-order chi connectivity index (χ0) is 21.7. The third-order valence-corrected chi connectivity index (χ3v) is 7.80. The maximum atomic E-state index is 13.1. The number of nitrogens with one attached hydrogen (secondary N) is 2. The lowest BCUT2D eigenvalue weighted by molar-refractivity contribution is 0.0730. The van der Waals surface area contributed by atoms with Crippen LogP contribution in [0.15, 0.2) is 53.4 Å². The van der Waals surface area contributed by atoms with Gasteiger partial charge in [-0.2, -0.15) is 4.31 Å². The minimum Gasteiger partial charge on any atom is -0.382 e. The second-order valence-electron chi connectivity index (χ2n) is 8.02. The molecule has 4 rings (SSSR count). The van der Waals surface area contributed by atoms with Crippen LogP contribution in [0.5, 0.6) is 0 Å². The Bertz CT molecular complexity index is 996. The number of carbonyl (C=O) groups is 1. The van der Waals surface area contributed by atoms with E-state index < -0.39 is 15.9 Å². The number of anilines is 2. The summed E-state index contributed by atoms with van der Waals surface area (Å²) in [5, 5.41) is 6.38. The fourth-order valence-electron chi connectivity index (χ4n) is 4.14. The van der Waals surface area contributed by atoms with Crippen LogP contribution >= 0.6 is 0 Å². The number of ether oxygens (including phenoxy) is 1. The Labute approximate surface area is 183 Å². The lowest BCUT2D eigenvalue weighted by Gasteiger charge is -2.26. The van der Waals surface area contributed by atoms with Gasteiger partial charge in [0, 0.05) is 30.5 Å². The van der Waals surface area contributed by atoms with Crippen LogP contribution in [0, 0.1) is 0 Å². The second kappa shape index (κ2) is 9.80. The van der Waals surface area contributed by atoms with Crippen molar-refractivity contribution in [3.63, 3.8) is 0 Å². The Kier molecular flexibility index (Phi) is 6.89. The molecule has 2 aliphatic rings. The molecule has 0 spiro atoms. The maximum absolute atomic E-state index is 13.1. The molecule has 1 saturated heterocycles. The predicted octanol–water partition coefficient (Wildman–Crippen LogP) is 3.70. The smallest absolute Gasteiger partial charge is 0.257 e. The zero-order valence-electron chi connectivity index (χ0n) is 17.5. The Hall–Kier alpha value is -2.42. The van der Waals surface area contributed by atoms with Gasteiger partial charge >= 0.3 is 0 Å². The summed E-state index contributed by atoms with van der Waals surface area (Å²) in [7, 11) is -3.77. The summed E-state index contributed by atoms with van der Waals surface area (Å²) < 4.78 is 32.8. The molecule has 2 fully saturated rings. The standard InChI is InChI=1S/C23H29N3O4S/c27-23(25-20-12-10-19(11-13-20)24-18-6-2-1-3-7-18)21-8-4-5-9-22(21)31(28,29)26-14-16-30-17-15-26/h4-5,8-13,18,24H,1-3,6-7,14-17H2,(H,25,27). The first-order valence-corrected chi connectivity index (χ1v) is 12.3. The molecular formula is C23H29N3O4S. The third kappa shape index (κ3) is 5.26. The monoisotopic (exact) mass is 443 g/mol. The van der Waals surface area contributed by atoms with Crippen molar-refractivity contribution in [3.05, 3.63) is 54.1 Å². The Morgan fingerprint density at radius 2 is 1.55 bits per heavy atom. The lowest BCUT2D eigenvalue weighted by atomic mass is 9.95. The molecule has 0 bridgehead atoms. The van der Waals surface area contributed by atoms with Crippen LogP contribution in [0.1, 0.15) is 42.5 Å². The van der Waals surface area contributed by atoms with Crippen LogP contribution in [0.2, 0.25) is 0 Å². The topological polar surface area (TPSA) is 87.7 Å². The molecule has 1 saturated carbocycles. The van der Waals surface area contributed by atoms with Gasteiger partial charge in [0.05, 0.1) is 23.7 Å². The number of carbonyl (C=O) groups excluding carboxylic acids is 1. The Morgan fingerprint density at radius 3 is 2.26 bits per heavy atom. The van der Waals surface area contributed by atoms with Gasteiger partial charge in [-0.15, -0.1) is 0 Å². The number of hydrogen-bond donors (Lipinski definition) is 2. The molecule has 166 valence electrons. The van der Waals surface area contributed by atoms with Crippen LogP contribution in [0.25, 0.3) is 0 Å². The number of amides is 1. The first-order chi connectivity index (χ1) is 15.0. The first kappa shape index (κ1) is 21.8. The highest BCUT2D eigenvalue weighted by atomic mass is 32.2. The summed E-state index contributed by atoms with van der Waals surface area (Å²) in [5.74, 6) is -0.444. The van der Waals surface area contributed by atoms with Gasteiger partial charge in [-0.1, -0.05) is 31.4 Å². The van der Waals surface area contributed by atoms with E-state index in [4.69, 9.17) is 4.74 Å². The van der Waals surface area contributed by atoms with Crippen LogP contribution in [0.4, 0.5) is 11.4 Å². The molecule has 31 heavy (non-hydrogen) atoms. The summed E-state index contributed by atoms with van der Waals surface area (Å²) in [6.07, 6.45) is 6.21. The quantitative estimate of drug-likeness (QED) is 0.711. The molecule has 0 aromatic heterocycles. The van der Waals surface area contributed by atoms with E-state index >= 15 is 0 Å². The van der Waals surface area contributed by atoms with Crippen molar-refractivity contribution < 1.29 is 17.9 Å². The first-order valence-electron chi connectivity index (χ1n) is 10.9. The van der Waals surface area contributed by atoms with E-state index in [-0.39, 0.29) is 23.5 Å². The molecule has 2 aromatic rings. The zero-order valence-corrected chi connectivity index (χ0v) is 18.4. The van der Waals surface area contributed by atoms with E-state index in [1.54, 1.807) is 18.2 Å². The van der Waals surface area contributed by atoms with Crippen LogP contribution in [-0.2, 0) is 14.8 Å². The number of hydrogen-bond acceptors (Lipinski definition) is 5. The Morgan fingerprint density at radius 1 is 0.903 bits per heavy atom. The van der Waals surface area contributed by atoms with E-state index in [1.165, 1.54) is 42.5 Å². The minimum atomic E-state index is -3.77. The molecule has 1 amide bonds. The van der Waals surface area contributed by atoms with E-state index in [2.05, 4.69) is 10.6 Å². The summed E-state index contributed by atoms with van der Waals surface area (Å²) in [6, 6.07) is 14.4. The molecule has 2 N–H and O–H groups in total. The summed E-state index contributed by atoms with van der Waals surface area (Å²) in [5.41, 5.74) is 1.79. The molecule has 2 aromatic carbocycles. The predicted molar refractivity (Wildman–Crippen MR) is 121 cm³/mol. The highest BCUT2D eigenvalue weighted by Gasteiger charge is 2.30. The fourth-order valence-corrected chi connectivity index (χ4v) is 5.73. The minimum absolute atomic E-state index is 0.0185. The summed E-state index contributed by atoms with van der Waals surface area (Å²) >= 11 is 0. The molecule has 1 heterocycles. The van der Waals surface area contributed by atoms with Crippen molar-refractivity contribution in [1.82, 2.24) is 4.31 Å². The Balaban J connectivity index is 1.46. The number of nitrogens with zero attached hydrogens (tertiary/aromatic N) is 1. The molecule has 7 nitrogen and oxygen atoms in total. The van der Waals surface area contributed by atoms with Crippen molar-refractivity contribution in [1.29, 1.82) is 0 Å².